The largest absolute Gasteiger partial charge is 0.489 e. The summed E-state index contributed by atoms with van der Waals surface area (Å²) in [6.07, 6.45) is 1.16. The Labute approximate surface area is 93.6 Å². The molecule has 0 amide bonds. The molecule has 1 atom stereocenters. The summed E-state index contributed by atoms with van der Waals surface area (Å²) in [6, 6.07) is 4.87. The van der Waals surface area contributed by atoms with Crippen LogP contribution in [0.2, 0.25) is 0 Å². The van der Waals surface area contributed by atoms with E-state index < -0.39 is 0 Å². The van der Waals surface area contributed by atoms with Crippen LogP contribution in [0.3, 0.4) is 0 Å². The molecular formula is C11H14N2O3. The predicted octanol–water partition coefficient (Wildman–Crippen LogP) is 1.64. The van der Waals surface area contributed by atoms with E-state index in [-0.39, 0.29) is 16.7 Å². The van der Waals surface area contributed by atoms with E-state index >= 15 is 0 Å². The highest BCUT2D eigenvalue weighted by Gasteiger charge is 2.17. The summed E-state index contributed by atoms with van der Waals surface area (Å²) >= 11 is 0. The van der Waals surface area contributed by atoms with Crippen molar-refractivity contribution >= 4 is 5.69 Å². The van der Waals surface area contributed by atoms with Gasteiger partial charge in [0.05, 0.1) is 4.92 Å². The lowest BCUT2D eigenvalue weighted by molar-refractivity contribution is -0.385. The van der Waals surface area contributed by atoms with E-state index in [4.69, 9.17) is 4.74 Å². The Kier molecular flexibility index (Phi) is 3.05. The zero-order valence-corrected chi connectivity index (χ0v) is 9.10. The summed E-state index contributed by atoms with van der Waals surface area (Å²) in [5.41, 5.74) is 0.769. The molecule has 0 unspecified atom stereocenters. The molecule has 1 fully saturated rings. The predicted molar refractivity (Wildman–Crippen MR) is 59.7 cm³/mol. The van der Waals surface area contributed by atoms with Crippen LogP contribution in [0, 0.1) is 17.0 Å². The van der Waals surface area contributed by atoms with Crippen LogP contribution in [0.25, 0.3) is 0 Å². The normalized spacial score (nSPS) is 19.7. The monoisotopic (exact) mass is 222 g/mol. The molecule has 1 aliphatic rings. The lowest BCUT2D eigenvalue weighted by Gasteiger charge is -2.12. The number of nitrogens with one attached hydrogen (secondary N) is 1. The minimum absolute atomic E-state index is 0.136. The number of nitro groups is 1. The number of nitro benzene ring substituents is 1. The second-order valence-corrected chi connectivity index (χ2v) is 3.94. The molecule has 0 saturated carbocycles. The fourth-order valence-electron chi connectivity index (χ4n) is 1.83. The molecule has 16 heavy (non-hydrogen) atoms. The first kappa shape index (κ1) is 10.9. The Morgan fingerprint density at radius 1 is 1.56 bits per heavy atom. The molecule has 0 aromatic heterocycles. The van der Waals surface area contributed by atoms with Crippen LogP contribution >= 0.6 is 0 Å². The number of nitrogens with zero attached hydrogens (tertiary/aromatic N) is 1. The van der Waals surface area contributed by atoms with Crippen LogP contribution in [0.4, 0.5) is 5.69 Å². The van der Waals surface area contributed by atoms with Crippen molar-refractivity contribution in [3.8, 4) is 5.75 Å². The van der Waals surface area contributed by atoms with E-state index in [1.54, 1.807) is 19.1 Å². The first-order valence-electron chi connectivity index (χ1n) is 5.29. The maximum absolute atomic E-state index is 10.6. The fourth-order valence-corrected chi connectivity index (χ4v) is 1.83. The van der Waals surface area contributed by atoms with Gasteiger partial charge in [-0.05, 0) is 32.0 Å². The molecule has 0 bridgehead atoms. The van der Waals surface area contributed by atoms with E-state index in [2.05, 4.69) is 5.32 Å². The van der Waals surface area contributed by atoms with Gasteiger partial charge in [0.1, 0.15) is 11.9 Å². The second-order valence-electron chi connectivity index (χ2n) is 3.94. The van der Waals surface area contributed by atoms with Crippen LogP contribution in [-0.2, 0) is 0 Å². The molecule has 2 rings (SSSR count). The zero-order valence-electron chi connectivity index (χ0n) is 9.10. The third-order valence-corrected chi connectivity index (χ3v) is 2.68. The van der Waals surface area contributed by atoms with Crippen LogP contribution < -0.4 is 10.1 Å². The van der Waals surface area contributed by atoms with Gasteiger partial charge in [0.25, 0.3) is 5.69 Å². The fraction of sp³-hybridized carbons (Fsp3) is 0.455. The van der Waals surface area contributed by atoms with Gasteiger partial charge in [-0.3, -0.25) is 10.1 Å². The number of benzene rings is 1. The molecule has 1 aliphatic heterocycles. The minimum atomic E-state index is -0.379. The molecule has 1 saturated heterocycles. The van der Waals surface area contributed by atoms with Crippen molar-refractivity contribution in [1.29, 1.82) is 0 Å². The van der Waals surface area contributed by atoms with Gasteiger partial charge < -0.3 is 10.1 Å². The van der Waals surface area contributed by atoms with Crippen molar-refractivity contribution in [3.63, 3.8) is 0 Å². The van der Waals surface area contributed by atoms with Gasteiger partial charge in [-0.2, -0.15) is 0 Å². The van der Waals surface area contributed by atoms with Gasteiger partial charge in [0.2, 0.25) is 0 Å². The first-order chi connectivity index (χ1) is 7.66. The van der Waals surface area contributed by atoms with Crippen molar-refractivity contribution in [3.05, 3.63) is 33.9 Å². The average molecular weight is 222 g/mol. The van der Waals surface area contributed by atoms with Crippen LogP contribution in [-0.4, -0.2) is 24.1 Å². The minimum Gasteiger partial charge on any atom is -0.489 e. The first-order valence-corrected chi connectivity index (χ1v) is 5.29. The number of hydrogen-bond donors (Lipinski definition) is 1. The Morgan fingerprint density at radius 3 is 2.94 bits per heavy atom. The van der Waals surface area contributed by atoms with Crippen molar-refractivity contribution < 1.29 is 9.66 Å². The zero-order chi connectivity index (χ0) is 11.5. The van der Waals surface area contributed by atoms with Gasteiger partial charge in [0.15, 0.2) is 0 Å². The van der Waals surface area contributed by atoms with Crippen LogP contribution in [0.1, 0.15) is 12.0 Å². The van der Waals surface area contributed by atoms with Crippen molar-refractivity contribution in [1.82, 2.24) is 5.32 Å². The molecule has 0 spiro atoms. The highest BCUT2D eigenvalue weighted by atomic mass is 16.6. The van der Waals surface area contributed by atoms with Crippen molar-refractivity contribution in [2.75, 3.05) is 13.1 Å². The van der Waals surface area contributed by atoms with Crippen molar-refractivity contribution in [2.24, 2.45) is 0 Å². The highest BCUT2D eigenvalue weighted by molar-refractivity contribution is 5.44. The molecule has 5 nitrogen and oxygen atoms in total. The van der Waals surface area contributed by atoms with E-state index in [9.17, 15) is 10.1 Å². The number of ether oxygens (including phenoxy) is 1. The average Bonchev–Trinajstić information content (AvgIpc) is 2.70. The molecular weight excluding hydrogens is 208 g/mol. The maximum atomic E-state index is 10.6. The summed E-state index contributed by atoms with van der Waals surface area (Å²) < 4.78 is 5.71. The number of hydrogen-bond acceptors (Lipinski definition) is 4. The Morgan fingerprint density at radius 2 is 2.38 bits per heavy atom. The molecule has 1 aromatic carbocycles. The molecule has 86 valence electrons. The Balaban J connectivity index is 2.11. The van der Waals surface area contributed by atoms with E-state index in [1.807, 2.05) is 0 Å². The summed E-state index contributed by atoms with van der Waals surface area (Å²) in [5.74, 6) is 0.705. The van der Waals surface area contributed by atoms with Gasteiger partial charge in [0, 0.05) is 18.2 Å². The summed E-state index contributed by atoms with van der Waals surface area (Å²) in [7, 11) is 0. The molecule has 5 heteroatoms. The number of rotatable bonds is 3. The third-order valence-electron chi connectivity index (χ3n) is 2.68. The molecule has 1 heterocycles. The van der Waals surface area contributed by atoms with Crippen LogP contribution in [0.5, 0.6) is 5.75 Å². The quantitative estimate of drug-likeness (QED) is 0.623. The maximum Gasteiger partial charge on any atom is 0.272 e. The van der Waals surface area contributed by atoms with E-state index in [0.717, 1.165) is 19.5 Å². The molecule has 0 aliphatic carbocycles. The summed E-state index contributed by atoms with van der Waals surface area (Å²) in [4.78, 5) is 10.3. The lowest BCUT2D eigenvalue weighted by Crippen LogP contribution is -2.19. The third kappa shape index (κ3) is 2.30. The van der Waals surface area contributed by atoms with Gasteiger partial charge in [-0.25, -0.2) is 0 Å². The van der Waals surface area contributed by atoms with Crippen LogP contribution in [0.15, 0.2) is 18.2 Å². The Bertz CT molecular complexity index is 400. The Hall–Kier alpha value is -1.62. The van der Waals surface area contributed by atoms with Gasteiger partial charge in [-0.1, -0.05) is 0 Å². The highest BCUT2D eigenvalue weighted by Crippen LogP contribution is 2.24. The molecule has 1 N–H and O–H groups in total. The second kappa shape index (κ2) is 4.49. The smallest absolute Gasteiger partial charge is 0.272 e. The van der Waals surface area contributed by atoms with E-state index in [1.165, 1.54) is 6.07 Å². The van der Waals surface area contributed by atoms with E-state index in [0.29, 0.717) is 11.3 Å². The standard InChI is InChI=1S/C11H14N2O3/c1-8-6-9(2-3-11(8)13(14)15)16-10-4-5-12-7-10/h2-3,6,10,12H,4-5,7H2,1H3/t10-/m0/s1. The summed E-state index contributed by atoms with van der Waals surface area (Å²) in [5, 5.41) is 13.8. The molecule has 1 aromatic rings. The topological polar surface area (TPSA) is 64.4 Å². The van der Waals surface area contributed by atoms with Crippen molar-refractivity contribution in [2.45, 2.75) is 19.4 Å². The lowest BCUT2D eigenvalue weighted by atomic mass is 10.2. The van der Waals surface area contributed by atoms with Gasteiger partial charge in [-0.15, -0.1) is 0 Å². The number of aryl methyl sites for hydroxylation is 1. The molecule has 0 radical (unpaired) electrons. The SMILES string of the molecule is Cc1cc(O[C@H]2CCNC2)ccc1[N+](=O)[O-]. The summed E-state index contributed by atoms with van der Waals surface area (Å²) in [6.45, 7) is 3.53. The van der Waals surface area contributed by atoms with Gasteiger partial charge >= 0.3 is 0 Å².